The van der Waals surface area contributed by atoms with E-state index in [1.54, 1.807) is 0 Å². The normalized spacial score (nSPS) is 14.8. The molecule has 0 saturated carbocycles. The molecule has 0 saturated heterocycles. The Kier molecular flexibility index (Phi) is 3.49. The van der Waals surface area contributed by atoms with Gasteiger partial charge in [-0.05, 0) is 37.6 Å². The smallest absolute Gasteiger partial charge is 0.127 e. The van der Waals surface area contributed by atoms with Gasteiger partial charge in [0.15, 0.2) is 0 Å². The van der Waals surface area contributed by atoms with Gasteiger partial charge in [0.05, 0.1) is 12.6 Å². The quantitative estimate of drug-likeness (QED) is 0.918. The van der Waals surface area contributed by atoms with Gasteiger partial charge in [-0.15, -0.1) is 0 Å². The molecule has 1 aliphatic heterocycles. The lowest BCUT2D eigenvalue weighted by Gasteiger charge is -2.22. The number of rotatable bonds is 3. The summed E-state index contributed by atoms with van der Waals surface area (Å²) >= 11 is 0. The van der Waals surface area contributed by atoms with E-state index in [0.717, 1.165) is 18.8 Å². The van der Waals surface area contributed by atoms with Gasteiger partial charge in [0.25, 0.3) is 0 Å². The van der Waals surface area contributed by atoms with E-state index in [9.17, 15) is 0 Å². The Hall–Kier alpha value is -1.80. The summed E-state index contributed by atoms with van der Waals surface area (Å²) < 4.78 is 5.86. The minimum atomic E-state index is 0.184. The summed E-state index contributed by atoms with van der Waals surface area (Å²) in [4.78, 5) is 0. The van der Waals surface area contributed by atoms with E-state index in [1.807, 2.05) is 7.05 Å². The van der Waals surface area contributed by atoms with Crippen molar-refractivity contribution in [3.8, 4) is 5.75 Å². The number of fused-ring (bicyclic) bond motifs is 1. The van der Waals surface area contributed by atoms with Gasteiger partial charge in [0, 0.05) is 12.0 Å². The van der Waals surface area contributed by atoms with Crippen LogP contribution in [-0.4, -0.2) is 13.7 Å². The summed E-state index contributed by atoms with van der Waals surface area (Å²) in [5.74, 6) is 1.08. The molecule has 3 rings (SSSR count). The van der Waals surface area contributed by atoms with Crippen molar-refractivity contribution in [1.29, 1.82) is 0 Å². The van der Waals surface area contributed by atoms with Crippen molar-refractivity contribution < 1.29 is 4.74 Å². The van der Waals surface area contributed by atoms with Crippen LogP contribution in [-0.2, 0) is 6.42 Å². The Morgan fingerprint density at radius 2 is 1.95 bits per heavy atom. The molecule has 2 aromatic rings. The van der Waals surface area contributed by atoms with Gasteiger partial charge in [0.2, 0.25) is 0 Å². The second-order valence-electron chi connectivity index (χ2n) is 5.52. The lowest BCUT2D eigenvalue weighted by Crippen LogP contribution is -2.19. The van der Waals surface area contributed by atoms with Crippen LogP contribution >= 0.6 is 0 Å². The molecule has 0 amide bonds. The summed E-state index contributed by atoms with van der Waals surface area (Å²) in [5, 5.41) is 3.44. The van der Waals surface area contributed by atoms with Crippen LogP contribution in [0.1, 0.15) is 33.9 Å². The van der Waals surface area contributed by atoms with Crippen LogP contribution in [0.2, 0.25) is 0 Å². The second kappa shape index (κ2) is 5.29. The number of benzene rings is 2. The van der Waals surface area contributed by atoms with Crippen LogP contribution in [0.5, 0.6) is 5.75 Å². The van der Waals surface area contributed by atoms with Crippen molar-refractivity contribution in [3.63, 3.8) is 0 Å². The SMILES string of the molecule is CNC(c1ccc(C)cc1C)c1cccc2c1OCC2. The Morgan fingerprint density at radius 1 is 1.10 bits per heavy atom. The van der Waals surface area contributed by atoms with E-state index in [2.05, 4.69) is 55.6 Å². The van der Waals surface area contributed by atoms with Crippen molar-refractivity contribution in [2.24, 2.45) is 0 Å². The predicted octanol–water partition coefficient (Wildman–Crippen LogP) is 3.55. The van der Waals surface area contributed by atoms with E-state index in [0.29, 0.717) is 0 Å². The molecule has 0 aliphatic carbocycles. The van der Waals surface area contributed by atoms with E-state index < -0.39 is 0 Å². The first-order chi connectivity index (χ1) is 9.70. The Bertz CT molecular complexity index is 633. The molecule has 0 radical (unpaired) electrons. The molecule has 1 aliphatic rings. The Labute approximate surface area is 120 Å². The van der Waals surface area contributed by atoms with Crippen LogP contribution in [0.25, 0.3) is 0 Å². The second-order valence-corrected chi connectivity index (χ2v) is 5.52. The first kappa shape index (κ1) is 13.2. The molecule has 2 aromatic carbocycles. The average Bonchev–Trinajstić information content (AvgIpc) is 2.91. The number of aryl methyl sites for hydroxylation is 2. The molecule has 0 bridgehead atoms. The highest BCUT2D eigenvalue weighted by atomic mass is 16.5. The zero-order valence-electron chi connectivity index (χ0n) is 12.4. The molecule has 1 N–H and O–H groups in total. The maximum atomic E-state index is 5.86. The van der Waals surface area contributed by atoms with Gasteiger partial charge in [-0.2, -0.15) is 0 Å². The van der Waals surface area contributed by atoms with E-state index >= 15 is 0 Å². The molecule has 104 valence electrons. The topological polar surface area (TPSA) is 21.3 Å². The highest BCUT2D eigenvalue weighted by Gasteiger charge is 2.23. The highest BCUT2D eigenvalue weighted by Crippen LogP contribution is 2.36. The molecule has 0 fully saturated rings. The highest BCUT2D eigenvalue weighted by molar-refractivity contribution is 5.50. The van der Waals surface area contributed by atoms with Crippen molar-refractivity contribution in [1.82, 2.24) is 5.32 Å². The molecular weight excluding hydrogens is 246 g/mol. The molecule has 1 unspecified atom stereocenters. The molecule has 1 heterocycles. The summed E-state index contributed by atoms with van der Waals surface area (Å²) in [6.07, 6.45) is 1.02. The maximum absolute atomic E-state index is 5.86. The lowest BCUT2D eigenvalue weighted by molar-refractivity contribution is 0.351. The van der Waals surface area contributed by atoms with Gasteiger partial charge in [-0.3, -0.25) is 0 Å². The van der Waals surface area contributed by atoms with E-state index in [-0.39, 0.29) is 6.04 Å². The minimum absolute atomic E-state index is 0.184. The Morgan fingerprint density at radius 3 is 2.70 bits per heavy atom. The number of ether oxygens (including phenoxy) is 1. The third-order valence-electron chi connectivity index (χ3n) is 4.08. The molecular formula is C18H21NO. The molecule has 2 nitrogen and oxygen atoms in total. The third-order valence-corrected chi connectivity index (χ3v) is 4.08. The molecule has 1 atom stereocenters. The maximum Gasteiger partial charge on any atom is 0.127 e. The summed E-state index contributed by atoms with van der Waals surface area (Å²) in [7, 11) is 2.01. The zero-order chi connectivity index (χ0) is 14.1. The molecule has 0 spiro atoms. The fraction of sp³-hybridized carbons (Fsp3) is 0.333. The number of nitrogens with one attached hydrogen (secondary N) is 1. The standard InChI is InChI=1S/C18H21NO/c1-12-7-8-15(13(2)11-12)17(19-3)16-6-4-5-14-9-10-20-18(14)16/h4-8,11,17,19H,9-10H2,1-3H3. The fourth-order valence-electron chi connectivity index (χ4n) is 3.10. The van der Waals surface area contributed by atoms with Crippen molar-refractivity contribution in [2.45, 2.75) is 26.3 Å². The first-order valence-corrected chi connectivity index (χ1v) is 7.19. The zero-order valence-corrected chi connectivity index (χ0v) is 12.4. The predicted molar refractivity (Wildman–Crippen MR) is 82.5 cm³/mol. The van der Waals surface area contributed by atoms with Crippen molar-refractivity contribution in [2.75, 3.05) is 13.7 Å². The number of para-hydroxylation sites is 1. The van der Waals surface area contributed by atoms with Crippen molar-refractivity contribution in [3.05, 3.63) is 64.2 Å². The van der Waals surface area contributed by atoms with E-state index in [1.165, 1.54) is 27.8 Å². The van der Waals surface area contributed by atoms with Gasteiger partial charge in [-0.25, -0.2) is 0 Å². The van der Waals surface area contributed by atoms with Crippen molar-refractivity contribution >= 4 is 0 Å². The largest absolute Gasteiger partial charge is 0.493 e. The summed E-state index contributed by atoms with van der Waals surface area (Å²) in [6, 6.07) is 13.3. The van der Waals surface area contributed by atoms with Crippen LogP contribution in [0.3, 0.4) is 0 Å². The van der Waals surface area contributed by atoms with Gasteiger partial charge in [0.1, 0.15) is 5.75 Å². The number of hydrogen-bond acceptors (Lipinski definition) is 2. The third kappa shape index (κ3) is 2.20. The van der Waals surface area contributed by atoms with Crippen LogP contribution in [0, 0.1) is 13.8 Å². The van der Waals surface area contributed by atoms with E-state index in [4.69, 9.17) is 4.74 Å². The average molecular weight is 267 g/mol. The van der Waals surface area contributed by atoms with Crippen LogP contribution in [0.15, 0.2) is 36.4 Å². The summed E-state index contributed by atoms with van der Waals surface area (Å²) in [6.45, 7) is 5.11. The summed E-state index contributed by atoms with van der Waals surface area (Å²) in [5.41, 5.74) is 6.51. The monoisotopic (exact) mass is 267 g/mol. The van der Waals surface area contributed by atoms with Gasteiger partial charge < -0.3 is 10.1 Å². The van der Waals surface area contributed by atoms with Gasteiger partial charge >= 0.3 is 0 Å². The lowest BCUT2D eigenvalue weighted by atomic mass is 9.92. The molecule has 20 heavy (non-hydrogen) atoms. The van der Waals surface area contributed by atoms with Gasteiger partial charge in [-0.1, -0.05) is 42.0 Å². The Balaban J connectivity index is 2.09. The molecule has 0 aromatic heterocycles. The molecule has 2 heteroatoms. The minimum Gasteiger partial charge on any atom is -0.493 e. The first-order valence-electron chi connectivity index (χ1n) is 7.19. The fourth-order valence-corrected chi connectivity index (χ4v) is 3.10. The number of hydrogen-bond donors (Lipinski definition) is 1. The van der Waals surface area contributed by atoms with Crippen LogP contribution in [0.4, 0.5) is 0 Å². The van der Waals surface area contributed by atoms with Crippen LogP contribution < -0.4 is 10.1 Å².